The molecule has 2 aromatic rings. The van der Waals surface area contributed by atoms with E-state index in [1.807, 2.05) is 62.6 Å². The molecule has 1 aliphatic carbocycles. The standard InChI is InChI=1S/C29H33NO5S/c1-6-13-35-29(32)26-17(2)30-22-14-20(19-9-12-24(33-3)25(16-19)34-4)15-23(31)28(22)27(26)18-7-10-21(36-5)11-8-18/h7-12,16,20,26-27H,6,13-15H2,1-5H3/t20-,26?,27-/m1/s1. The topological polar surface area (TPSA) is 74.2 Å². The van der Waals surface area contributed by atoms with E-state index in [0.29, 0.717) is 42.2 Å². The summed E-state index contributed by atoms with van der Waals surface area (Å²) < 4.78 is 16.4. The van der Waals surface area contributed by atoms with Crippen molar-refractivity contribution < 1.29 is 23.8 Å². The third-order valence-electron chi connectivity index (χ3n) is 6.94. The Morgan fingerprint density at radius 3 is 2.36 bits per heavy atom. The number of carbonyl (C=O) groups is 2. The molecule has 36 heavy (non-hydrogen) atoms. The molecule has 2 aromatic carbocycles. The lowest BCUT2D eigenvalue weighted by atomic mass is 9.69. The number of allylic oxidation sites excluding steroid dienone is 2. The van der Waals surface area contributed by atoms with Crippen LogP contribution < -0.4 is 9.47 Å². The maximum absolute atomic E-state index is 13.7. The Hall–Kier alpha value is -3.06. The second kappa shape index (κ2) is 11.3. The molecule has 190 valence electrons. The summed E-state index contributed by atoms with van der Waals surface area (Å²) in [6.45, 7) is 4.19. The van der Waals surface area contributed by atoms with Crippen LogP contribution in [0.5, 0.6) is 11.5 Å². The fraction of sp³-hybridized carbons (Fsp3) is 0.414. The van der Waals surface area contributed by atoms with E-state index >= 15 is 0 Å². The van der Waals surface area contributed by atoms with E-state index in [9.17, 15) is 9.59 Å². The Bertz CT molecular complexity index is 1200. The molecule has 2 aliphatic rings. The summed E-state index contributed by atoms with van der Waals surface area (Å²) in [6.07, 6.45) is 3.72. The second-order valence-corrected chi connectivity index (χ2v) is 10.0. The van der Waals surface area contributed by atoms with Crippen molar-refractivity contribution in [3.05, 3.63) is 64.9 Å². The molecular formula is C29H33NO5S. The van der Waals surface area contributed by atoms with Crippen LogP contribution in [0.4, 0.5) is 0 Å². The molecule has 0 spiro atoms. The van der Waals surface area contributed by atoms with Crippen LogP contribution in [0, 0.1) is 5.92 Å². The van der Waals surface area contributed by atoms with Gasteiger partial charge in [-0.1, -0.05) is 25.1 Å². The van der Waals surface area contributed by atoms with Crippen molar-refractivity contribution in [1.29, 1.82) is 0 Å². The minimum Gasteiger partial charge on any atom is -0.493 e. The zero-order chi connectivity index (χ0) is 25.8. The van der Waals surface area contributed by atoms with Crippen LogP contribution in [0.2, 0.25) is 0 Å². The van der Waals surface area contributed by atoms with Crippen LogP contribution in [-0.4, -0.2) is 44.5 Å². The molecule has 0 bridgehead atoms. The van der Waals surface area contributed by atoms with E-state index in [1.165, 1.54) is 0 Å². The smallest absolute Gasteiger partial charge is 0.315 e. The average Bonchev–Trinajstić information content (AvgIpc) is 2.90. The Kier molecular flexibility index (Phi) is 8.19. The van der Waals surface area contributed by atoms with Crippen molar-refractivity contribution in [3.8, 4) is 11.5 Å². The van der Waals surface area contributed by atoms with Gasteiger partial charge < -0.3 is 14.2 Å². The number of hydrogen-bond acceptors (Lipinski definition) is 7. The Balaban J connectivity index is 1.75. The molecule has 0 radical (unpaired) electrons. The first-order valence-corrected chi connectivity index (χ1v) is 13.5. The van der Waals surface area contributed by atoms with Gasteiger partial charge in [-0.05, 0) is 67.3 Å². The summed E-state index contributed by atoms with van der Waals surface area (Å²) in [7, 11) is 3.21. The minimum atomic E-state index is -0.614. The molecule has 4 rings (SSSR count). The number of Topliss-reactive ketones (excluding diaryl/α,β-unsaturated/α-hetero) is 1. The third-order valence-corrected chi connectivity index (χ3v) is 7.69. The quantitative estimate of drug-likeness (QED) is 0.325. The fourth-order valence-corrected chi connectivity index (χ4v) is 5.58. The number of thioether (sulfide) groups is 1. The summed E-state index contributed by atoms with van der Waals surface area (Å²) in [6, 6.07) is 13.9. The van der Waals surface area contributed by atoms with Crippen LogP contribution in [0.25, 0.3) is 0 Å². The summed E-state index contributed by atoms with van der Waals surface area (Å²) >= 11 is 1.66. The number of methoxy groups -OCH3 is 2. The molecule has 1 unspecified atom stereocenters. The van der Waals surface area contributed by atoms with Crippen molar-refractivity contribution in [2.24, 2.45) is 10.9 Å². The van der Waals surface area contributed by atoms with Gasteiger partial charge in [0.05, 0.1) is 20.8 Å². The summed E-state index contributed by atoms with van der Waals surface area (Å²) in [5.74, 6) is -0.0599. The van der Waals surface area contributed by atoms with Gasteiger partial charge in [0.1, 0.15) is 5.92 Å². The van der Waals surface area contributed by atoms with Crippen LogP contribution in [0.1, 0.15) is 56.1 Å². The number of rotatable bonds is 8. The van der Waals surface area contributed by atoms with E-state index in [2.05, 4.69) is 0 Å². The Morgan fingerprint density at radius 2 is 1.72 bits per heavy atom. The number of nitrogens with zero attached hydrogens (tertiary/aromatic N) is 1. The lowest BCUT2D eigenvalue weighted by molar-refractivity contribution is -0.146. The van der Waals surface area contributed by atoms with E-state index in [-0.39, 0.29) is 17.7 Å². The van der Waals surface area contributed by atoms with Crippen molar-refractivity contribution in [2.75, 3.05) is 27.1 Å². The van der Waals surface area contributed by atoms with Crippen molar-refractivity contribution in [3.63, 3.8) is 0 Å². The molecule has 0 aromatic heterocycles. The van der Waals surface area contributed by atoms with Gasteiger partial charge in [0, 0.05) is 34.2 Å². The highest BCUT2D eigenvalue weighted by molar-refractivity contribution is 7.98. The first-order chi connectivity index (χ1) is 17.4. The zero-order valence-corrected chi connectivity index (χ0v) is 22.3. The van der Waals surface area contributed by atoms with Gasteiger partial charge in [-0.2, -0.15) is 0 Å². The molecule has 0 saturated carbocycles. The monoisotopic (exact) mass is 507 g/mol. The van der Waals surface area contributed by atoms with E-state index in [4.69, 9.17) is 19.2 Å². The van der Waals surface area contributed by atoms with Gasteiger partial charge >= 0.3 is 5.97 Å². The van der Waals surface area contributed by atoms with Gasteiger partial charge in [0.25, 0.3) is 0 Å². The normalized spacial score (nSPS) is 21.5. The molecule has 1 aliphatic heterocycles. The minimum absolute atomic E-state index is 0.0273. The lowest BCUT2D eigenvalue weighted by Crippen LogP contribution is -2.38. The molecule has 0 fully saturated rings. The Labute approximate surface area is 217 Å². The van der Waals surface area contributed by atoms with E-state index in [0.717, 1.165) is 28.1 Å². The van der Waals surface area contributed by atoms with Gasteiger partial charge in [0.2, 0.25) is 0 Å². The molecule has 0 N–H and O–H groups in total. The summed E-state index contributed by atoms with van der Waals surface area (Å²) in [5.41, 5.74) is 4.04. The number of benzene rings is 2. The molecular weight excluding hydrogens is 474 g/mol. The van der Waals surface area contributed by atoms with Gasteiger partial charge in [-0.3, -0.25) is 14.6 Å². The number of aliphatic imine (C=N–C) groups is 1. The SMILES string of the molecule is CCCOC(=O)C1C(C)=NC2=C(C(=O)C[C@H](c3ccc(OC)c(OC)c3)C2)[C@@H]1c1ccc(SC)cc1. The molecule has 6 nitrogen and oxygen atoms in total. The van der Waals surface area contributed by atoms with E-state index < -0.39 is 11.8 Å². The van der Waals surface area contributed by atoms with Crippen molar-refractivity contribution >= 4 is 29.2 Å². The number of ether oxygens (including phenoxy) is 3. The van der Waals surface area contributed by atoms with Gasteiger partial charge in [-0.25, -0.2) is 0 Å². The second-order valence-electron chi connectivity index (χ2n) is 9.15. The average molecular weight is 508 g/mol. The molecule has 3 atom stereocenters. The molecule has 0 amide bonds. The van der Waals surface area contributed by atoms with Crippen LogP contribution in [0.15, 0.2) is 63.6 Å². The fourth-order valence-electron chi connectivity index (χ4n) is 5.17. The Morgan fingerprint density at radius 1 is 1.03 bits per heavy atom. The highest BCUT2D eigenvalue weighted by Gasteiger charge is 2.44. The lowest BCUT2D eigenvalue weighted by Gasteiger charge is -2.36. The molecule has 7 heteroatoms. The largest absolute Gasteiger partial charge is 0.493 e. The number of carbonyl (C=O) groups excluding carboxylic acids is 2. The number of ketones is 1. The third kappa shape index (κ3) is 5.07. The van der Waals surface area contributed by atoms with Crippen molar-refractivity contribution in [1.82, 2.24) is 0 Å². The molecule has 1 heterocycles. The maximum Gasteiger partial charge on any atom is 0.315 e. The first-order valence-electron chi connectivity index (χ1n) is 12.3. The van der Waals surface area contributed by atoms with Crippen LogP contribution in [0.3, 0.4) is 0 Å². The zero-order valence-electron chi connectivity index (χ0n) is 21.5. The van der Waals surface area contributed by atoms with Crippen molar-refractivity contribution in [2.45, 2.75) is 49.8 Å². The maximum atomic E-state index is 13.7. The highest BCUT2D eigenvalue weighted by atomic mass is 32.2. The number of esters is 1. The van der Waals surface area contributed by atoms with Crippen LogP contribution in [-0.2, 0) is 14.3 Å². The summed E-state index contributed by atoms with van der Waals surface area (Å²) in [4.78, 5) is 32.9. The van der Waals surface area contributed by atoms with Crippen LogP contribution >= 0.6 is 11.8 Å². The predicted octanol–water partition coefficient (Wildman–Crippen LogP) is 5.95. The van der Waals surface area contributed by atoms with Gasteiger partial charge in [0.15, 0.2) is 17.3 Å². The molecule has 0 saturated heterocycles. The predicted molar refractivity (Wildman–Crippen MR) is 142 cm³/mol. The highest BCUT2D eigenvalue weighted by Crippen LogP contribution is 2.47. The number of hydrogen-bond donors (Lipinski definition) is 0. The van der Waals surface area contributed by atoms with E-state index in [1.54, 1.807) is 26.0 Å². The first kappa shape index (κ1) is 26.0. The summed E-state index contributed by atoms with van der Waals surface area (Å²) in [5, 5.41) is 0. The van der Waals surface area contributed by atoms with Gasteiger partial charge in [-0.15, -0.1) is 11.8 Å².